The third kappa shape index (κ3) is 4.46. The number of hydrogen-bond acceptors (Lipinski definition) is 3. The number of halogens is 4. The van der Waals surface area contributed by atoms with Crippen molar-refractivity contribution in [2.24, 2.45) is 0 Å². The van der Waals surface area contributed by atoms with Crippen LogP contribution < -0.4 is 4.90 Å². The number of carbonyl (C=O) groups is 1. The molecule has 0 aliphatic heterocycles. The zero-order valence-corrected chi connectivity index (χ0v) is 16.3. The molecule has 4 nitrogen and oxygen atoms in total. The van der Waals surface area contributed by atoms with Gasteiger partial charge < -0.3 is 4.74 Å². The van der Waals surface area contributed by atoms with Gasteiger partial charge in [0.05, 0.1) is 11.4 Å². The van der Waals surface area contributed by atoms with E-state index in [0.717, 1.165) is 12.1 Å². The Morgan fingerprint density at radius 1 is 1.12 bits per heavy atom. The Hall–Kier alpha value is -2.28. The summed E-state index contributed by atoms with van der Waals surface area (Å²) >= 11 is 1.88. The lowest BCUT2D eigenvalue weighted by atomic mass is 10.1. The number of nitrogens with zero attached hydrogens (tertiary/aromatic N) is 2. The van der Waals surface area contributed by atoms with Crippen molar-refractivity contribution in [3.8, 4) is 6.07 Å². The van der Waals surface area contributed by atoms with Crippen LogP contribution >= 0.6 is 22.6 Å². The Labute approximate surface area is 162 Å². The molecule has 0 atom stereocenters. The molecule has 0 saturated heterocycles. The van der Waals surface area contributed by atoms with E-state index in [1.807, 2.05) is 22.6 Å². The van der Waals surface area contributed by atoms with Crippen molar-refractivity contribution in [1.82, 2.24) is 0 Å². The first-order chi connectivity index (χ1) is 12.0. The summed E-state index contributed by atoms with van der Waals surface area (Å²) in [5.41, 5.74) is -2.29. The SMILES string of the molecule is CC(C)(C)OC(=O)N(c1ccc(I)cc1F)c1cc(F)cc(F)c1C#N. The highest BCUT2D eigenvalue weighted by atomic mass is 127. The smallest absolute Gasteiger partial charge is 0.419 e. The number of ether oxygens (including phenoxy) is 1. The van der Waals surface area contributed by atoms with Gasteiger partial charge in [0, 0.05) is 9.64 Å². The highest BCUT2D eigenvalue weighted by molar-refractivity contribution is 14.1. The molecule has 0 aromatic heterocycles. The van der Waals surface area contributed by atoms with Gasteiger partial charge in [0.25, 0.3) is 0 Å². The van der Waals surface area contributed by atoms with Crippen LogP contribution in [0.15, 0.2) is 30.3 Å². The van der Waals surface area contributed by atoms with Crippen molar-refractivity contribution in [1.29, 1.82) is 5.26 Å². The van der Waals surface area contributed by atoms with Crippen molar-refractivity contribution in [2.45, 2.75) is 26.4 Å². The second kappa shape index (κ2) is 7.53. The predicted octanol–water partition coefficient (Wildman–Crippen LogP) is 5.65. The van der Waals surface area contributed by atoms with Crippen molar-refractivity contribution < 1.29 is 22.7 Å². The van der Waals surface area contributed by atoms with Crippen LogP contribution in [-0.4, -0.2) is 11.7 Å². The topological polar surface area (TPSA) is 53.3 Å². The van der Waals surface area contributed by atoms with E-state index >= 15 is 0 Å². The Morgan fingerprint density at radius 2 is 1.77 bits per heavy atom. The van der Waals surface area contributed by atoms with Gasteiger partial charge in [0.15, 0.2) is 0 Å². The summed E-state index contributed by atoms with van der Waals surface area (Å²) in [5.74, 6) is -2.99. The second-order valence-electron chi connectivity index (χ2n) is 6.31. The van der Waals surface area contributed by atoms with Crippen LogP contribution in [-0.2, 0) is 4.74 Å². The summed E-state index contributed by atoms with van der Waals surface area (Å²) in [6.45, 7) is 4.76. The molecule has 2 rings (SSSR count). The Morgan fingerprint density at radius 3 is 2.31 bits per heavy atom. The van der Waals surface area contributed by atoms with Gasteiger partial charge in [0.2, 0.25) is 0 Å². The molecule has 0 bridgehead atoms. The van der Waals surface area contributed by atoms with E-state index < -0.39 is 40.4 Å². The molecule has 0 unspecified atom stereocenters. The van der Waals surface area contributed by atoms with Gasteiger partial charge in [-0.25, -0.2) is 22.9 Å². The lowest BCUT2D eigenvalue weighted by Gasteiger charge is -2.28. The van der Waals surface area contributed by atoms with Gasteiger partial charge in [-0.2, -0.15) is 5.26 Å². The Kier molecular flexibility index (Phi) is 5.81. The van der Waals surface area contributed by atoms with Crippen molar-refractivity contribution in [2.75, 3.05) is 4.90 Å². The molecule has 2 aromatic carbocycles. The van der Waals surface area contributed by atoms with E-state index in [4.69, 9.17) is 4.74 Å². The molecule has 136 valence electrons. The number of amides is 1. The van der Waals surface area contributed by atoms with Gasteiger partial charge in [-0.1, -0.05) is 0 Å². The number of carbonyl (C=O) groups excluding carboxylic acids is 1. The van der Waals surface area contributed by atoms with Crippen molar-refractivity contribution in [3.63, 3.8) is 0 Å². The Balaban J connectivity index is 2.74. The maximum atomic E-state index is 14.5. The molecule has 0 aliphatic rings. The molecule has 0 heterocycles. The van der Waals surface area contributed by atoms with Crippen LogP contribution in [0.25, 0.3) is 0 Å². The van der Waals surface area contributed by atoms with E-state index in [1.54, 1.807) is 26.8 Å². The minimum atomic E-state index is -1.16. The van der Waals surface area contributed by atoms with Gasteiger partial charge in [0.1, 0.15) is 34.7 Å². The quantitative estimate of drug-likeness (QED) is 0.529. The zero-order chi connectivity index (χ0) is 19.6. The molecule has 0 fully saturated rings. The summed E-state index contributed by atoms with van der Waals surface area (Å²) in [6, 6.07) is 6.80. The number of benzene rings is 2. The standard InChI is InChI=1S/C18H14F3IN2O2/c1-18(2,3)26-17(25)24(15-5-4-11(22)8-14(15)21)16-7-10(19)6-13(20)12(16)9-23/h4-8H,1-3H3. The molecular weight excluding hydrogens is 460 g/mol. The largest absolute Gasteiger partial charge is 0.443 e. The Bertz CT molecular complexity index is 905. The average Bonchev–Trinajstić information content (AvgIpc) is 2.47. The number of rotatable bonds is 2. The fourth-order valence-corrected chi connectivity index (χ4v) is 2.60. The van der Waals surface area contributed by atoms with Gasteiger partial charge in [-0.3, -0.25) is 0 Å². The molecule has 0 saturated carbocycles. The van der Waals surface area contributed by atoms with E-state index in [2.05, 4.69) is 0 Å². The molecule has 0 spiro atoms. The summed E-state index contributed by atoms with van der Waals surface area (Å²) in [4.78, 5) is 13.3. The third-order valence-electron chi connectivity index (χ3n) is 3.11. The first-order valence-electron chi connectivity index (χ1n) is 7.41. The lowest BCUT2D eigenvalue weighted by molar-refractivity contribution is 0.0598. The molecular formula is C18H14F3IN2O2. The molecule has 26 heavy (non-hydrogen) atoms. The molecule has 0 radical (unpaired) electrons. The first kappa shape index (κ1) is 20.0. The second-order valence-corrected chi connectivity index (χ2v) is 7.55. The first-order valence-corrected chi connectivity index (χ1v) is 8.48. The van der Waals surface area contributed by atoms with Crippen molar-refractivity contribution >= 4 is 40.1 Å². The predicted molar refractivity (Wildman–Crippen MR) is 98.6 cm³/mol. The molecule has 1 amide bonds. The highest BCUT2D eigenvalue weighted by Gasteiger charge is 2.30. The van der Waals surface area contributed by atoms with Crippen molar-refractivity contribution in [3.05, 3.63) is 56.9 Å². The van der Waals surface area contributed by atoms with Crippen LogP contribution in [0.4, 0.5) is 29.3 Å². The van der Waals surface area contributed by atoms with Crippen LogP contribution in [0, 0.1) is 32.4 Å². The summed E-state index contributed by atoms with van der Waals surface area (Å²) < 4.78 is 48.1. The third-order valence-corrected chi connectivity index (χ3v) is 3.78. The fourth-order valence-electron chi connectivity index (χ4n) is 2.14. The lowest BCUT2D eigenvalue weighted by Crippen LogP contribution is -2.35. The normalized spacial score (nSPS) is 11.0. The fraction of sp³-hybridized carbons (Fsp3) is 0.222. The monoisotopic (exact) mass is 474 g/mol. The van der Waals surface area contributed by atoms with Crippen LogP contribution in [0.1, 0.15) is 26.3 Å². The number of anilines is 2. The highest BCUT2D eigenvalue weighted by Crippen LogP contribution is 2.34. The van der Waals surface area contributed by atoms with Crippen LogP contribution in [0.3, 0.4) is 0 Å². The number of hydrogen-bond donors (Lipinski definition) is 0. The van der Waals surface area contributed by atoms with Gasteiger partial charge in [-0.15, -0.1) is 0 Å². The average molecular weight is 474 g/mol. The molecule has 0 aliphatic carbocycles. The van der Waals surface area contributed by atoms with E-state index in [0.29, 0.717) is 14.5 Å². The van der Waals surface area contributed by atoms with Crippen LogP contribution in [0.2, 0.25) is 0 Å². The van der Waals surface area contributed by atoms with Crippen LogP contribution in [0.5, 0.6) is 0 Å². The maximum Gasteiger partial charge on any atom is 0.419 e. The van der Waals surface area contributed by atoms with Gasteiger partial charge >= 0.3 is 6.09 Å². The van der Waals surface area contributed by atoms with Gasteiger partial charge in [-0.05, 0) is 67.6 Å². The minimum absolute atomic E-state index is 0.291. The summed E-state index contributed by atoms with van der Waals surface area (Å²) in [5, 5.41) is 9.23. The zero-order valence-electron chi connectivity index (χ0n) is 14.1. The van der Waals surface area contributed by atoms with E-state index in [9.17, 15) is 23.2 Å². The van der Waals surface area contributed by atoms with E-state index in [1.165, 1.54) is 12.1 Å². The maximum absolute atomic E-state index is 14.5. The number of nitriles is 1. The molecule has 0 N–H and O–H groups in total. The summed E-state index contributed by atoms with van der Waals surface area (Å²) in [6.07, 6.45) is -1.07. The molecule has 2 aromatic rings. The molecule has 8 heteroatoms. The summed E-state index contributed by atoms with van der Waals surface area (Å²) in [7, 11) is 0. The van der Waals surface area contributed by atoms with E-state index in [-0.39, 0.29) is 5.69 Å². The minimum Gasteiger partial charge on any atom is -0.443 e.